The van der Waals surface area contributed by atoms with E-state index in [9.17, 15) is 8.42 Å². The van der Waals surface area contributed by atoms with Gasteiger partial charge in [0.2, 0.25) is 10.0 Å². The van der Waals surface area contributed by atoms with E-state index in [0.717, 1.165) is 19.3 Å². The zero-order valence-electron chi connectivity index (χ0n) is 9.67. The SMILES string of the molecule is NCC1CCCC1NS(=O)(=O)c1ccccc1. The third-order valence-electron chi connectivity index (χ3n) is 3.32. The van der Waals surface area contributed by atoms with Crippen molar-refractivity contribution in [3.05, 3.63) is 30.3 Å². The first-order valence-corrected chi connectivity index (χ1v) is 7.39. The molecule has 17 heavy (non-hydrogen) atoms. The summed E-state index contributed by atoms with van der Waals surface area (Å²) in [6.45, 7) is 0.544. The van der Waals surface area contributed by atoms with Crippen LogP contribution in [0.2, 0.25) is 0 Å². The monoisotopic (exact) mass is 254 g/mol. The summed E-state index contributed by atoms with van der Waals surface area (Å²) in [7, 11) is -3.39. The zero-order chi connectivity index (χ0) is 12.3. The summed E-state index contributed by atoms with van der Waals surface area (Å²) in [6, 6.07) is 8.46. The van der Waals surface area contributed by atoms with E-state index < -0.39 is 10.0 Å². The van der Waals surface area contributed by atoms with E-state index in [1.54, 1.807) is 30.3 Å². The predicted molar refractivity (Wildman–Crippen MR) is 66.9 cm³/mol. The van der Waals surface area contributed by atoms with Crippen LogP contribution in [-0.4, -0.2) is 21.0 Å². The molecule has 2 unspecified atom stereocenters. The van der Waals surface area contributed by atoms with Crippen molar-refractivity contribution in [1.29, 1.82) is 0 Å². The maximum absolute atomic E-state index is 12.1. The van der Waals surface area contributed by atoms with Gasteiger partial charge in [-0.25, -0.2) is 13.1 Å². The minimum Gasteiger partial charge on any atom is -0.330 e. The van der Waals surface area contributed by atoms with Crippen molar-refractivity contribution in [2.75, 3.05) is 6.54 Å². The lowest BCUT2D eigenvalue weighted by molar-refractivity contribution is 0.453. The van der Waals surface area contributed by atoms with Gasteiger partial charge in [0.05, 0.1) is 4.90 Å². The Hall–Kier alpha value is -0.910. The molecule has 1 aromatic rings. The highest BCUT2D eigenvalue weighted by molar-refractivity contribution is 7.89. The third kappa shape index (κ3) is 2.86. The van der Waals surface area contributed by atoms with Gasteiger partial charge in [-0.15, -0.1) is 0 Å². The van der Waals surface area contributed by atoms with E-state index in [1.807, 2.05) is 0 Å². The van der Waals surface area contributed by atoms with Gasteiger partial charge in [0.1, 0.15) is 0 Å². The largest absolute Gasteiger partial charge is 0.330 e. The number of nitrogens with one attached hydrogen (secondary N) is 1. The molecule has 0 spiro atoms. The summed E-state index contributed by atoms with van der Waals surface area (Å²) < 4.78 is 27.0. The van der Waals surface area contributed by atoms with Crippen molar-refractivity contribution in [3.8, 4) is 0 Å². The third-order valence-corrected chi connectivity index (χ3v) is 4.83. The second kappa shape index (κ2) is 5.16. The van der Waals surface area contributed by atoms with Crippen molar-refractivity contribution in [1.82, 2.24) is 4.72 Å². The summed E-state index contributed by atoms with van der Waals surface area (Å²) >= 11 is 0. The fourth-order valence-electron chi connectivity index (χ4n) is 2.34. The van der Waals surface area contributed by atoms with Crippen LogP contribution in [0.15, 0.2) is 35.2 Å². The highest BCUT2D eigenvalue weighted by Crippen LogP contribution is 2.26. The van der Waals surface area contributed by atoms with Gasteiger partial charge in [0.25, 0.3) is 0 Å². The van der Waals surface area contributed by atoms with Crippen LogP contribution in [0.1, 0.15) is 19.3 Å². The molecule has 2 rings (SSSR count). The first kappa shape index (κ1) is 12.5. The highest BCUT2D eigenvalue weighted by atomic mass is 32.2. The van der Waals surface area contributed by atoms with Crippen molar-refractivity contribution in [2.24, 2.45) is 11.7 Å². The Labute approximate surface area is 102 Å². The highest BCUT2D eigenvalue weighted by Gasteiger charge is 2.30. The molecule has 1 fully saturated rings. The van der Waals surface area contributed by atoms with Crippen LogP contribution in [0.25, 0.3) is 0 Å². The van der Waals surface area contributed by atoms with Gasteiger partial charge in [0.15, 0.2) is 0 Å². The molecule has 0 amide bonds. The molecule has 1 aliphatic carbocycles. The number of hydrogen-bond acceptors (Lipinski definition) is 3. The zero-order valence-corrected chi connectivity index (χ0v) is 10.5. The smallest absolute Gasteiger partial charge is 0.240 e. The first-order chi connectivity index (χ1) is 8.13. The molecule has 1 saturated carbocycles. The second-order valence-electron chi connectivity index (χ2n) is 4.47. The van der Waals surface area contributed by atoms with Gasteiger partial charge >= 0.3 is 0 Å². The fourth-order valence-corrected chi connectivity index (χ4v) is 3.70. The molecule has 4 nitrogen and oxygen atoms in total. The minimum atomic E-state index is -3.39. The molecule has 3 N–H and O–H groups in total. The summed E-state index contributed by atoms with van der Waals surface area (Å²) in [6.07, 6.45) is 2.94. The lowest BCUT2D eigenvalue weighted by atomic mass is 10.1. The minimum absolute atomic E-state index is 0.00907. The van der Waals surface area contributed by atoms with Crippen LogP contribution < -0.4 is 10.5 Å². The maximum Gasteiger partial charge on any atom is 0.240 e. The summed E-state index contributed by atoms with van der Waals surface area (Å²) in [4.78, 5) is 0.322. The van der Waals surface area contributed by atoms with Gasteiger partial charge < -0.3 is 5.73 Å². The number of benzene rings is 1. The lowest BCUT2D eigenvalue weighted by Gasteiger charge is -2.19. The van der Waals surface area contributed by atoms with E-state index in [-0.39, 0.29) is 12.0 Å². The Morgan fingerprint density at radius 3 is 2.59 bits per heavy atom. The molecule has 0 saturated heterocycles. The number of hydrogen-bond donors (Lipinski definition) is 2. The standard InChI is InChI=1S/C12H18N2O2S/c13-9-10-5-4-8-12(10)14-17(15,16)11-6-2-1-3-7-11/h1-3,6-7,10,12,14H,4-5,8-9,13H2. The number of sulfonamides is 1. The van der Waals surface area contributed by atoms with Gasteiger partial charge in [-0.3, -0.25) is 0 Å². The van der Waals surface area contributed by atoms with Gasteiger partial charge in [-0.1, -0.05) is 24.6 Å². The molecule has 1 aromatic carbocycles. The first-order valence-electron chi connectivity index (χ1n) is 5.91. The van der Waals surface area contributed by atoms with Crippen molar-refractivity contribution in [2.45, 2.75) is 30.2 Å². The van der Waals surface area contributed by atoms with Crippen LogP contribution >= 0.6 is 0 Å². The van der Waals surface area contributed by atoms with E-state index in [1.165, 1.54) is 0 Å². The van der Waals surface area contributed by atoms with Crippen LogP contribution in [0.3, 0.4) is 0 Å². The number of rotatable bonds is 4. The Balaban J connectivity index is 2.13. The Bertz CT molecular complexity index is 459. The molecule has 0 heterocycles. The molecule has 0 bridgehead atoms. The van der Waals surface area contributed by atoms with Crippen molar-refractivity contribution >= 4 is 10.0 Å². The van der Waals surface area contributed by atoms with Crippen LogP contribution in [0.4, 0.5) is 0 Å². The maximum atomic E-state index is 12.1. The van der Waals surface area contributed by atoms with Gasteiger partial charge in [-0.05, 0) is 37.4 Å². The summed E-state index contributed by atoms with van der Waals surface area (Å²) in [5.41, 5.74) is 5.65. The van der Waals surface area contributed by atoms with Crippen molar-refractivity contribution < 1.29 is 8.42 Å². The predicted octanol–water partition coefficient (Wildman–Crippen LogP) is 1.09. The number of nitrogens with two attached hydrogens (primary N) is 1. The van der Waals surface area contributed by atoms with Gasteiger partial charge in [-0.2, -0.15) is 0 Å². The van der Waals surface area contributed by atoms with E-state index >= 15 is 0 Å². The second-order valence-corrected chi connectivity index (χ2v) is 6.18. The average molecular weight is 254 g/mol. The van der Waals surface area contributed by atoms with Gasteiger partial charge in [0, 0.05) is 6.04 Å². The molecule has 2 atom stereocenters. The van der Waals surface area contributed by atoms with E-state index in [0.29, 0.717) is 11.4 Å². The topological polar surface area (TPSA) is 72.2 Å². The summed E-state index contributed by atoms with van der Waals surface area (Å²) in [5.74, 6) is 0.272. The molecule has 94 valence electrons. The Morgan fingerprint density at radius 1 is 1.24 bits per heavy atom. The summed E-state index contributed by atoms with van der Waals surface area (Å²) in [5, 5.41) is 0. The van der Waals surface area contributed by atoms with E-state index in [2.05, 4.69) is 4.72 Å². The Kier molecular flexibility index (Phi) is 3.81. The quantitative estimate of drug-likeness (QED) is 0.845. The average Bonchev–Trinajstić information content (AvgIpc) is 2.77. The lowest BCUT2D eigenvalue weighted by Crippen LogP contribution is -2.39. The molecular weight excluding hydrogens is 236 g/mol. The van der Waals surface area contributed by atoms with Crippen LogP contribution in [0, 0.1) is 5.92 Å². The fraction of sp³-hybridized carbons (Fsp3) is 0.500. The van der Waals surface area contributed by atoms with Crippen LogP contribution in [-0.2, 0) is 10.0 Å². The molecule has 0 radical (unpaired) electrons. The normalized spacial score (nSPS) is 25.0. The molecule has 1 aliphatic rings. The molecule has 5 heteroatoms. The van der Waals surface area contributed by atoms with E-state index in [4.69, 9.17) is 5.73 Å². The molecule has 0 aliphatic heterocycles. The molecule has 0 aromatic heterocycles. The molecular formula is C12H18N2O2S. The van der Waals surface area contributed by atoms with Crippen molar-refractivity contribution in [3.63, 3.8) is 0 Å². The van der Waals surface area contributed by atoms with Crippen LogP contribution in [0.5, 0.6) is 0 Å². The Morgan fingerprint density at radius 2 is 1.94 bits per heavy atom.